The number of furan rings is 1. The van der Waals surface area contributed by atoms with Crippen LogP contribution in [0, 0.1) is 6.92 Å². The number of nitrogens with one attached hydrogen (secondary N) is 2. The number of hydrogen-bond donors (Lipinski definition) is 2. The molecule has 0 saturated carbocycles. The molecule has 0 aliphatic rings. The van der Waals surface area contributed by atoms with Crippen molar-refractivity contribution in [3.8, 4) is 11.5 Å². The van der Waals surface area contributed by atoms with E-state index in [9.17, 15) is 14.4 Å². The zero-order valence-electron chi connectivity index (χ0n) is 18.8. The Labute approximate surface area is 201 Å². The lowest BCUT2D eigenvalue weighted by Gasteiger charge is -2.11. The number of carbonyl (C=O) groups excluding carboxylic acids is 3. The molecule has 0 fully saturated rings. The van der Waals surface area contributed by atoms with Gasteiger partial charge in [-0.1, -0.05) is 30.3 Å². The van der Waals surface area contributed by atoms with E-state index in [0.29, 0.717) is 22.9 Å². The van der Waals surface area contributed by atoms with E-state index in [1.807, 2.05) is 30.3 Å². The lowest BCUT2D eigenvalue weighted by atomic mass is 10.1. The molecule has 1 aromatic heterocycles. The van der Waals surface area contributed by atoms with Crippen LogP contribution < -0.4 is 15.4 Å². The van der Waals surface area contributed by atoms with Gasteiger partial charge in [0, 0.05) is 17.4 Å². The summed E-state index contributed by atoms with van der Waals surface area (Å²) in [5.74, 6) is -0.283. The van der Waals surface area contributed by atoms with Gasteiger partial charge in [0.25, 0.3) is 11.8 Å². The molecule has 0 saturated heterocycles. The van der Waals surface area contributed by atoms with Gasteiger partial charge in [0.2, 0.25) is 0 Å². The summed E-state index contributed by atoms with van der Waals surface area (Å²) in [4.78, 5) is 37.0. The van der Waals surface area contributed by atoms with Crippen molar-refractivity contribution in [2.45, 2.75) is 6.92 Å². The van der Waals surface area contributed by atoms with E-state index in [4.69, 9.17) is 13.9 Å². The maximum Gasteiger partial charge on any atom is 0.338 e. The van der Waals surface area contributed by atoms with Gasteiger partial charge in [-0.3, -0.25) is 9.59 Å². The predicted octanol–water partition coefficient (Wildman–Crippen LogP) is 5.43. The van der Waals surface area contributed by atoms with Crippen molar-refractivity contribution in [3.63, 3.8) is 0 Å². The minimum atomic E-state index is -0.699. The molecule has 4 aromatic rings. The standard InChI is InChI=1S/C27H22N2O6/c1-18-12-13-19(15-23(18)29-26(31)24-11-6-14-33-24)27(32)34-17-25(30)28-20-7-5-10-22(16-20)35-21-8-3-2-4-9-21/h2-16H,17H2,1H3,(H,28,30)(H,29,31). The minimum absolute atomic E-state index is 0.146. The summed E-state index contributed by atoms with van der Waals surface area (Å²) in [6.07, 6.45) is 1.40. The quantitative estimate of drug-likeness (QED) is 0.333. The Kier molecular flexibility index (Phi) is 7.22. The van der Waals surface area contributed by atoms with Gasteiger partial charge in [-0.2, -0.15) is 0 Å². The molecule has 35 heavy (non-hydrogen) atoms. The summed E-state index contributed by atoms with van der Waals surface area (Å²) in [5, 5.41) is 5.37. The normalized spacial score (nSPS) is 10.3. The maximum atomic E-state index is 12.5. The predicted molar refractivity (Wildman–Crippen MR) is 130 cm³/mol. The minimum Gasteiger partial charge on any atom is -0.459 e. The van der Waals surface area contributed by atoms with Crippen LogP contribution >= 0.6 is 0 Å². The Hall–Kier alpha value is -4.85. The number of amides is 2. The fraction of sp³-hybridized carbons (Fsp3) is 0.0741. The van der Waals surface area contributed by atoms with Gasteiger partial charge in [0.1, 0.15) is 11.5 Å². The second-order valence-corrected chi connectivity index (χ2v) is 7.53. The van der Waals surface area contributed by atoms with Gasteiger partial charge in [0.15, 0.2) is 12.4 Å². The molecule has 0 spiro atoms. The summed E-state index contributed by atoms with van der Waals surface area (Å²) in [6, 6.07) is 24.0. The van der Waals surface area contributed by atoms with Gasteiger partial charge in [-0.15, -0.1) is 0 Å². The molecule has 0 aliphatic carbocycles. The van der Waals surface area contributed by atoms with Crippen LogP contribution in [0.15, 0.2) is 95.6 Å². The summed E-state index contributed by atoms with van der Waals surface area (Å²) in [7, 11) is 0. The third-order valence-electron chi connectivity index (χ3n) is 4.90. The van der Waals surface area contributed by atoms with Crippen molar-refractivity contribution in [1.82, 2.24) is 0 Å². The lowest BCUT2D eigenvalue weighted by molar-refractivity contribution is -0.119. The Balaban J connectivity index is 1.32. The van der Waals surface area contributed by atoms with Crippen LogP contribution in [0.4, 0.5) is 11.4 Å². The summed E-state index contributed by atoms with van der Waals surface area (Å²) >= 11 is 0. The second-order valence-electron chi connectivity index (χ2n) is 7.53. The Morgan fingerprint density at radius 1 is 0.829 bits per heavy atom. The SMILES string of the molecule is Cc1ccc(C(=O)OCC(=O)Nc2cccc(Oc3ccccc3)c2)cc1NC(=O)c1ccco1. The van der Waals surface area contributed by atoms with Gasteiger partial charge < -0.3 is 24.5 Å². The monoisotopic (exact) mass is 470 g/mol. The molecule has 2 N–H and O–H groups in total. The van der Waals surface area contributed by atoms with Crippen molar-refractivity contribution in [2.24, 2.45) is 0 Å². The Morgan fingerprint density at radius 3 is 2.40 bits per heavy atom. The molecule has 2 amide bonds. The van der Waals surface area contributed by atoms with Crippen LogP contribution in [0.1, 0.15) is 26.5 Å². The molecular weight excluding hydrogens is 448 g/mol. The average Bonchev–Trinajstić information content (AvgIpc) is 3.40. The first-order valence-electron chi connectivity index (χ1n) is 10.7. The van der Waals surface area contributed by atoms with Crippen LogP contribution in [0.25, 0.3) is 0 Å². The average molecular weight is 470 g/mol. The van der Waals surface area contributed by atoms with Crippen molar-refractivity contribution >= 4 is 29.2 Å². The second kappa shape index (κ2) is 10.8. The summed E-state index contributed by atoms with van der Waals surface area (Å²) < 4.78 is 16.0. The summed E-state index contributed by atoms with van der Waals surface area (Å²) in [5.41, 5.74) is 1.87. The van der Waals surface area contributed by atoms with E-state index < -0.39 is 24.4 Å². The first-order valence-corrected chi connectivity index (χ1v) is 10.7. The van der Waals surface area contributed by atoms with Crippen molar-refractivity contribution in [3.05, 3.63) is 108 Å². The Morgan fingerprint density at radius 2 is 1.63 bits per heavy atom. The van der Waals surface area contributed by atoms with Gasteiger partial charge >= 0.3 is 5.97 Å². The molecule has 8 nitrogen and oxygen atoms in total. The van der Waals surface area contributed by atoms with Crippen LogP contribution in [-0.4, -0.2) is 24.4 Å². The molecule has 176 valence electrons. The van der Waals surface area contributed by atoms with Crippen LogP contribution in [0.5, 0.6) is 11.5 Å². The number of aryl methyl sites for hydroxylation is 1. The molecule has 0 radical (unpaired) electrons. The zero-order chi connectivity index (χ0) is 24.6. The number of esters is 1. The molecule has 1 heterocycles. The highest BCUT2D eigenvalue weighted by Crippen LogP contribution is 2.24. The fourth-order valence-corrected chi connectivity index (χ4v) is 3.15. The molecule has 0 bridgehead atoms. The van der Waals surface area contributed by atoms with Gasteiger partial charge in [-0.25, -0.2) is 4.79 Å². The maximum absolute atomic E-state index is 12.5. The smallest absolute Gasteiger partial charge is 0.338 e. The Bertz CT molecular complexity index is 1330. The highest BCUT2D eigenvalue weighted by molar-refractivity contribution is 6.03. The molecular formula is C27H22N2O6. The number of ether oxygens (including phenoxy) is 2. The van der Waals surface area contributed by atoms with E-state index in [0.717, 1.165) is 5.56 Å². The van der Waals surface area contributed by atoms with E-state index >= 15 is 0 Å². The molecule has 8 heteroatoms. The van der Waals surface area contributed by atoms with Crippen molar-refractivity contribution < 1.29 is 28.3 Å². The van der Waals surface area contributed by atoms with Gasteiger partial charge in [-0.05, 0) is 61.0 Å². The highest BCUT2D eigenvalue weighted by atomic mass is 16.5. The fourth-order valence-electron chi connectivity index (χ4n) is 3.15. The topological polar surface area (TPSA) is 107 Å². The van der Waals surface area contributed by atoms with Gasteiger partial charge in [0.05, 0.1) is 11.8 Å². The number of para-hydroxylation sites is 1. The number of rotatable bonds is 8. The van der Waals surface area contributed by atoms with Crippen LogP contribution in [-0.2, 0) is 9.53 Å². The van der Waals surface area contributed by atoms with Crippen molar-refractivity contribution in [1.29, 1.82) is 0 Å². The number of anilines is 2. The molecule has 0 atom stereocenters. The first kappa shape index (κ1) is 23.3. The highest BCUT2D eigenvalue weighted by Gasteiger charge is 2.15. The zero-order valence-corrected chi connectivity index (χ0v) is 18.8. The molecule has 0 unspecified atom stereocenters. The van der Waals surface area contributed by atoms with E-state index in [2.05, 4.69) is 10.6 Å². The van der Waals surface area contributed by atoms with E-state index in [1.54, 1.807) is 49.4 Å². The first-order chi connectivity index (χ1) is 17.0. The van der Waals surface area contributed by atoms with E-state index in [1.165, 1.54) is 18.4 Å². The van der Waals surface area contributed by atoms with Crippen LogP contribution in [0.3, 0.4) is 0 Å². The third kappa shape index (κ3) is 6.35. The van der Waals surface area contributed by atoms with E-state index in [-0.39, 0.29) is 11.3 Å². The van der Waals surface area contributed by atoms with Crippen LogP contribution in [0.2, 0.25) is 0 Å². The largest absolute Gasteiger partial charge is 0.459 e. The van der Waals surface area contributed by atoms with Crippen molar-refractivity contribution in [2.75, 3.05) is 17.2 Å². The molecule has 0 aliphatic heterocycles. The molecule has 4 rings (SSSR count). The third-order valence-corrected chi connectivity index (χ3v) is 4.90. The summed E-state index contributed by atoms with van der Waals surface area (Å²) in [6.45, 7) is 1.31. The lowest BCUT2D eigenvalue weighted by Crippen LogP contribution is -2.21. The molecule has 3 aromatic carbocycles. The number of carbonyl (C=O) groups is 3. The number of benzene rings is 3. The number of hydrogen-bond acceptors (Lipinski definition) is 6.